The van der Waals surface area contributed by atoms with Gasteiger partial charge < -0.3 is 14.9 Å². The summed E-state index contributed by atoms with van der Waals surface area (Å²) in [7, 11) is 2.93. The van der Waals surface area contributed by atoms with E-state index in [-0.39, 0.29) is 11.9 Å². The molecule has 1 unspecified atom stereocenters. The van der Waals surface area contributed by atoms with Crippen molar-refractivity contribution in [2.75, 3.05) is 19.6 Å². The molecule has 0 aliphatic carbocycles. The predicted octanol–water partition coefficient (Wildman–Crippen LogP) is 1.26. The van der Waals surface area contributed by atoms with Gasteiger partial charge in [0.1, 0.15) is 5.75 Å². The smallest absolute Gasteiger partial charge is 0.312 e. The first-order chi connectivity index (χ1) is 7.63. The van der Waals surface area contributed by atoms with Crippen LogP contribution in [0.1, 0.15) is 18.4 Å². The van der Waals surface area contributed by atoms with Crippen LogP contribution < -0.4 is 16.0 Å². The summed E-state index contributed by atoms with van der Waals surface area (Å²) >= 11 is 0. The molecule has 0 saturated carbocycles. The number of carbonyl (C=O) groups is 1. The molecule has 0 spiro atoms. The summed E-state index contributed by atoms with van der Waals surface area (Å²) in [6.07, 6.45) is 0. The molecule has 0 saturated heterocycles. The first-order valence-electron chi connectivity index (χ1n) is 4.86. The van der Waals surface area contributed by atoms with Crippen LogP contribution in [0.4, 0.5) is 5.69 Å². The van der Waals surface area contributed by atoms with E-state index in [4.69, 9.17) is 10.6 Å². The fourth-order valence-corrected chi connectivity index (χ4v) is 1.47. The fraction of sp³-hybridized carbons (Fsp3) is 0.364. The number of nitrogens with one attached hydrogen (secondary N) is 1. The molecule has 0 heterocycles. The van der Waals surface area contributed by atoms with Crippen molar-refractivity contribution in [1.82, 2.24) is 0 Å². The monoisotopic (exact) mass is 224 g/mol. The van der Waals surface area contributed by atoms with Crippen molar-refractivity contribution in [3.63, 3.8) is 0 Å². The Bertz CT molecular complexity index is 379. The van der Waals surface area contributed by atoms with Crippen molar-refractivity contribution in [1.29, 1.82) is 0 Å². The molecule has 1 aromatic carbocycles. The van der Waals surface area contributed by atoms with Gasteiger partial charge in [0.2, 0.25) is 0 Å². The highest BCUT2D eigenvalue weighted by Crippen LogP contribution is 2.28. The van der Waals surface area contributed by atoms with Crippen LogP contribution in [0.2, 0.25) is 0 Å². The number of hydrazine groups is 1. The lowest BCUT2D eigenvalue weighted by atomic mass is 9.99. The minimum atomic E-state index is -0.373. The van der Waals surface area contributed by atoms with Crippen LogP contribution >= 0.6 is 0 Å². The van der Waals surface area contributed by atoms with E-state index in [0.717, 1.165) is 5.56 Å². The van der Waals surface area contributed by atoms with E-state index in [1.54, 1.807) is 32.2 Å². The van der Waals surface area contributed by atoms with Crippen LogP contribution in [-0.2, 0) is 9.53 Å². The molecule has 0 amide bonds. The van der Waals surface area contributed by atoms with E-state index in [9.17, 15) is 4.79 Å². The van der Waals surface area contributed by atoms with E-state index in [1.165, 1.54) is 7.11 Å². The van der Waals surface area contributed by atoms with Gasteiger partial charge in [0, 0.05) is 6.07 Å². The highest BCUT2D eigenvalue weighted by molar-refractivity contribution is 5.80. The van der Waals surface area contributed by atoms with Crippen LogP contribution in [0.25, 0.3) is 0 Å². The normalized spacial score (nSPS) is 11.8. The molecule has 0 aliphatic rings. The second-order valence-corrected chi connectivity index (χ2v) is 3.34. The van der Waals surface area contributed by atoms with Gasteiger partial charge in [0.05, 0.1) is 25.8 Å². The van der Waals surface area contributed by atoms with E-state index in [2.05, 4.69) is 10.2 Å². The lowest BCUT2D eigenvalue weighted by molar-refractivity contribution is -0.141. The average Bonchev–Trinajstić information content (AvgIpc) is 2.35. The quantitative estimate of drug-likeness (QED) is 0.457. The Morgan fingerprint density at radius 1 is 1.44 bits per heavy atom. The number of benzene rings is 1. The molecule has 88 valence electrons. The third-order valence-electron chi connectivity index (χ3n) is 2.44. The molecule has 1 aromatic rings. The minimum absolute atomic E-state index is 0.304. The summed E-state index contributed by atoms with van der Waals surface area (Å²) in [6.45, 7) is 1.76. The Morgan fingerprint density at radius 3 is 2.62 bits per heavy atom. The van der Waals surface area contributed by atoms with Crippen molar-refractivity contribution in [3.05, 3.63) is 23.8 Å². The zero-order chi connectivity index (χ0) is 12.1. The first-order valence-corrected chi connectivity index (χ1v) is 4.86. The maximum Gasteiger partial charge on any atom is 0.312 e. The second kappa shape index (κ2) is 5.37. The maximum absolute atomic E-state index is 11.4. The van der Waals surface area contributed by atoms with Gasteiger partial charge in [0.15, 0.2) is 0 Å². The van der Waals surface area contributed by atoms with Gasteiger partial charge in [-0.1, -0.05) is 6.07 Å². The van der Waals surface area contributed by atoms with Gasteiger partial charge in [0.25, 0.3) is 0 Å². The second-order valence-electron chi connectivity index (χ2n) is 3.34. The molecular weight excluding hydrogens is 208 g/mol. The zero-order valence-electron chi connectivity index (χ0n) is 9.61. The average molecular weight is 224 g/mol. The molecular formula is C11H16N2O3. The van der Waals surface area contributed by atoms with Crippen molar-refractivity contribution in [2.45, 2.75) is 12.8 Å². The summed E-state index contributed by atoms with van der Waals surface area (Å²) in [6, 6.07) is 5.29. The lowest BCUT2D eigenvalue weighted by Gasteiger charge is -2.15. The maximum atomic E-state index is 11.4. The molecule has 1 atom stereocenters. The Labute approximate surface area is 94.5 Å². The number of anilines is 1. The third-order valence-corrected chi connectivity index (χ3v) is 2.44. The number of methoxy groups -OCH3 is 2. The van der Waals surface area contributed by atoms with Crippen molar-refractivity contribution in [3.8, 4) is 5.75 Å². The molecule has 0 aliphatic heterocycles. The summed E-state index contributed by atoms with van der Waals surface area (Å²) in [5, 5.41) is 0. The molecule has 0 aromatic heterocycles. The number of nitrogen functional groups attached to an aromatic ring is 1. The van der Waals surface area contributed by atoms with Crippen LogP contribution in [0.3, 0.4) is 0 Å². The number of nitrogens with two attached hydrogens (primary N) is 1. The summed E-state index contributed by atoms with van der Waals surface area (Å²) in [5.41, 5.74) is 3.97. The SMILES string of the molecule is COC(=O)C(C)c1ccc(OC)cc1NN. The number of rotatable bonds is 4. The van der Waals surface area contributed by atoms with Gasteiger partial charge in [-0.05, 0) is 18.6 Å². The number of ether oxygens (including phenoxy) is 2. The molecule has 0 fully saturated rings. The zero-order valence-corrected chi connectivity index (χ0v) is 9.61. The van der Waals surface area contributed by atoms with Crippen LogP contribution in [-0.4, -0.2) is 20.2 Å². The molecule has 3 N–H and O–H groups in total. The summed E-state index contributed by atoms with van der Waals surface area (Å²) in [4.78, 5) is 11.4. The standard InChI is InChI=1S/C11H16N2O3/c1-7(11(14)16-3)9-5-4-8(15-2)6-10(9)13-12/h4-7,13H,12H2,1-3H3. The topological polar surface area (TPSA) is 73.6 Å². The van der Waals surface area contributed by atoms with E-state index in [1.807, 2.05) is 0 Å². The molecule has 5 heteroatoms. The third kappa shape index (κ3) is 2.43. The Balaban J connectivity index is 3.08. The van der Waals surface area contributed by atoms with Gasteiger partial charge in [-0.25, -0.2) is 0 Å². The Morgan fingerprint density at radius 2 is 2.12 bits per heavy atom. The lowest BCUT2D eigenvalue weighted by Crippen LogP contribution is -2.15. The van der Waals surface area contributed by atoms with Crippen LogP contribution in [0, 0.1) is 0 Å². The number of carbonyl (C=O) groups excluding carboxylic acids is 1. The highest BCUT2D eigenvalue weighted by atomic mass is 16.5. The molecule has 16 heavy (non-hydrogen) atoms. The largest absolute Gasteiger partial charge is 0.497 e. The van der Waals surface area contributed by atoms with Crippen molar-refractivity contribution in [2.24, 2.45) is 5.84 Å². The predicted molar refractivity (Wildman–Crippen MR) is 61.2 cm³/mol. The summed E-state index contributed by atoms with van der Waals surface area (Å²) < 4.78 is 9.75. The van der Waals surface area contributed by atoms with Crippen molar-refractivity contribution >= 4 is 11.7 Å². The molecule has 5 nitrogen and oxygen atoms in total. The van der Waals surface area contributed by atoms with E-state index >= 15 is 0 Å². The minimum Gasteiger partial charge on any atom is -0.497 e. The number of esters is 1. The van der Waals surface area contributed by atoms with Gasteiger partial charge in [-0.3, -0.25) is 10.6 Å². The number of hydrogen-bond acceptors (Lipinski definition) is 5. The highest BCUT2D eigenvalue weighted by Gasteiger charge is 2.19. The molecule has 0 radical (unpaired) electrons. The van der Waals surface area contributed by atoms with Crippen LogP contribution in [0.15, 0.2) is 18.2 Å². The molecule has 1 rings (SSSR count). The fourth-order valence-electron chi connectivity index (χ4n) is 1.47. The van der Waals surface area contributed by atoms with Gasteiger partial charge >= 0.3 is 5.97 Å². The first kappa shape index (κ1) is 12.3. The van der Waals surface area contributed by atoms with E-state index in [0.29, 0.717) is 11.4 Å². The van der Waals surface area contributed by atoms with Crippen molar-refractivity contribution < 1.29 is 14.3 Å². The number of hydrogen-bond donors (Lipinski definition) is 2. The Hall–Kier alpha value is -1.75. The Kier molecular flexibility index (Phi) is 4.13. The van der Waals surface area contributed by atoms with E-state index < -0.39 is 0 Å². The molecule has 0 bridgehead atoms. The van der Waals surface area contributed by atoms with Crippen LogP contribution in [0.5, 0.6) is 5.75 Å². The van der Waals surface area contributed by atoms with Gasteiger partial charge in [-0.15, -0.1) is 0 Å². The van der Waals surface area contributed by atoms with Gasteiger partial charge in [-0.2, -0.15) is 0 Å². The summed E-state index contributed by atoms with van der Waals surface area (Å²) in [5.74, 6) is 5.39.